The smallest absolute Gasteiger partial charge is 0.172 e. The summed E-state index contributed by atoms with van der Waals surface area (Å²) in [6.07, 6.45) is 2.27. The minimum Gasteiger partial charge on any atom is -0.490 e. The van der Waals surface area contributed by atoms with Crippen LogP contribution < -0.4 is 4.74 Å². The number of carbonyl (C=O) groups excluding carboxylic acids is 1. The number of pyridine rings is 1. The van der Waals surface area contributed by atoms with Gasteiger partial charge in [0.25, 0.3) is 0 Å². The third-order valence-corrected chi connectivity index (χ3v) is 1.71. The number of rotatable bonds is 5. The van der Waals surface area contributed by atoms with Crippen molar-refractivity contribution in [3.05, 3.63) is 24.0 Å². The Bertz CT molecular complexity index is 300. The highest BCUT2D eigenvalue weighted by molar-refractivity contribution is 5.75. The summed E-state index contributed by atoms with van der Waals surface area (Å²) in [5.74, 6) is 0.546. The van der Waals surface area contributed by atoms with Crippen LogP contribution in [-0.2, 0) is 0 Å². The molecule has 1 aromatic heterocycles. The summed E-state index contributed by atoms with van der Waals surface area (Å²) in [6.45, 7) is 1.37. The molecule has 0 aromatic carbocycles. The van der Waals surface area contributed by atoms with Gasteiger partial charge in [-0.25, -0.2) is 4.98 Å². The predicted octanol–water partition coefficient (Wildman–Crippen LogP) is 0.835. The molecule has 1 aromatic rings. The van der Waals surface area contributed by atoms with Crippen molar-refractivity contribution in [2.45, 2.75) is 0 Å². The van der Waals surface area contributed by atoms with Gasteiger partial charge in [0.1, 0.15) is 18.1 Å². The van der Waals surface area contributed by atoms with Gasteiger partial charge in [0.15, 0.2) is 6.29 Å². The molecule has 76 valence electrons. The fourth-order valence-electron chi connectivity index (χ4n) is 0.951. The Hall–Kier alpha value is -1.42. The topological polar surface area (TPSA) is 42.4 Å². The van der Waals surface area contributed by atoms with Crippen molar-refractivity contribution in [3.63, 3.8) is 0 Å². The van der Waals surface area contributed by atoms with E-state index in [0.29, 0.717) is 24.3 Å². The number of ether oxygens (including phenoxy) is 1. The number of carbonyl (C=O) groups is 1. The van der Waals surface area contributed by atoms with Gasteiger partial charge in [-0.05, 0) is 26.2 Å². The molecule has 4 nitrogen and oxygen atoms in total. The maximum Gasteiger partial charge on any atom is 0.172 e. The molecule has 0 bridgehead atoms. The van der Waals surface area contributed by atoms with Gasteiger partial charge in [-0.15, -0.1) is 0 Å². The van der Waals surface area contributed by atoms with Crippen LogP contribution in [0, 0.1) is 0 Å². The third kappa shape index (κ3) is 3.14. The second-order valence-electron chi connectivity index (χ2n) is 3.16. The number of nitrogens with zero attached hydrogens (tertiary/aromatic N) is 2. The summed E-state index contributed by atoms with van der Waals surface area (Å²) in [4.78, 5) is 16.5. The second kappa shape index (κ2) is 5.34. The first-order chi connectivity index (χ1) is 6.74. The van der Waals surface area contributed by atoms with Crippen molar-refractivity contribution in [1.82, 2.24) is 9.88 Å². The summed E-state index contributed by atoms with van der Waals surface area (Å²) < 4.78 is 5.40. The molecule has 0 aliphatic rings. The van der Waals surface area contributed by atoms with Crippen LogP contribution in [0.2, 0.25) is 0 Å². The fraction of sp³-hybridized carbons (Fsp3) is 0.400. The zero-order chi connectivity index (χ0) is 10.4. The second-order valence-corrected chi connectivity index (χ2v) is 3.16. The summed E-state index contributed by atoms with van der Waals surface area (Å²) >= 11 is 0. The molecule has 0 saturated heterocycles. The maximum absolute atomic E-state index is 10.6. The van der Waals surface area contributed by atoms with Crippen LogP contribution in [0.15, 0.2) is 18.3 Å². The molecule has 0 unspecified atom stereocenters. The Balaban J connectivity index is 2.53. The molecule has 0 saturated carbocycles. The van der Waals surface area contributed by atoms with Crippen molar-refractivity contribution in [2.24, 2.45) is 0 Å². The van der Waals surface area contributed by atoms with E-state index in [9.17, 15) is 4.79 Å². The monoisotopic (exact) mass is 194 g/mol. The van der Waals surface area contributed by atoms with Crippen molar-refractivity contribution in [3.8, 4) is 5.75 Å². The Labute approximate surface area is 83.5 Å². The molecule has 0 aliphatic heterocycles. The van der Waals surface area contributed by atoms with Crippen LogP contribution in [0.5, 0.6) is 5.75 Å². The molecule has 14 heavy (non-hydrogen) atoms. The van der Waals surface area contributed by atoms with E-state index in [4.69, 9.17) is 4.74 Å². The lowest BCUT2D eigenvalue weighted by atomic mass is 10.3. The van der Waals surface area contributed by atoms with Crippen LogP contribution in [0.4, 0.5) is 0 Å². The van der Waals surface area contributed by atoms with Gasteiger partial charge in [0, 0.05) is 12.7 Å². The van der Waals surface area contributed by atoms with Gasteiger partial charge in [0.05, 0.1) is 0 Å². The third-order valence-electron chi connectivity index (χ3n) is 1.71. The Morgan fingerprint density at radius 3 is 3.00 bits per heavy atom. The van der Waals surface area contributed by atoms with Gasteiger partial charge in [-0.1, -0.05) is 0 Å². The van der Waals surface area contributed by atoms with Gasteiger partial charge in [0.2, 0.25) is 0 Å². The minimum absolute atomic E-state index is 0.353. The quantitative estimate of drug-likeness (QED) is 0.651. The lowest BCUT2D eigenvalue weighted by Gasteiger charge is -2.11. The van der Waals surface area contributed by atoms with E-state index in [1.807, 2.05) is 19.0 Å². The van der Waals surface area contributed by atoms with E-state index in [2.05, 4.69) is 4.98 Å². The molecule has 0 N–H and O–H groups in total. The average molecular weight is 194 g/mol. The lowest BCUT2D eigenvalue weighted by molar-refractivity contribution is 0.111. The van der Waals surface area contributed by atoms with E-state index in [1.54, 1.807) is 18.3 Å². The van der Waals surface area contributed by atoms with E-state index in [-0.39, 0.29) is 0 Å². The molecule has 0 radical (unpaired) electrons. The zero-order valence-electron chi connectivity index (χ0n) is 8.43. The molecule has 0 spiro atoms. The Kier molecular flexibility index (Phi) is 4.07. The zero-order valence-corrected chi connectivity index (χ0v) is 8.43. The highest BCUT2D eigenvalue weighted by atomic mass is 16.5. The summed E-state index contributed by atoms with van der Waals surface area (Å²) in [5, 5.41) is 0. The molecule has 0 amide bonds. The maximum atomic E-state index is 10.6. The number of hydrogen-bond acceptors (Lipinski definition) is 4. The number of aldehydes is 1. The summed E-state index contributed by atoms with van der Waals surface area (Å²) in [5.41, 5.74) is 0.353. The predicted molar refractivity (Wildman–Crippen MR) is 53.7 cm³/mol. The van der Waals surface area contributed by atoms with Gasteiger partial charge < -0.3 is 9.64 Å². The molecule has 0 aliphatic carbocycles. The molecule has 0 atom stereocenters. The first kappa shape index (κ1) is 10.7. The Morgan fingerprint density at radius 2 is 2.36 bits per heavy atom. The minimum atomic E-state index is 0.353. The molecule has 4 heteroatoms. The molecule has 1 rings (SSSR count). The normalized spacial score (nSPS) is 10.2. The van der Waals surface area contributed by atoms with Gasteiger partial charge in [-0.3, -0.25) is 4.79 Å². The van der Waals surface area contributed by atoms with Crippen molar-refractivity contribution in [2.75, 3.05) is 27.2 Å². The van der Waals surface area contributed by atoms with E-state index < -0.39 is 0 Å². The Morgan fingerprint density at radius 1 is 1.57 bits per heavy atom. The number of hydrogen-bond donors (Lipinski definition) is 0. The summed E-state index contributed by atoms with van der Waals surface area (Å²) in [6, 6.07) is 3.49. The van der Waals surface area contributed by atoms with E-state index in [0.717, 1.165) is 6.54 Å². The molecular formula is C10H14N2O2. The fourth-order valence-corrected chi connectivity index (χ4v) is 0.951. The number of likely N-dealkylation sites (N-methyl/N-ethyl adjacent to an activating group) is 1. The molecule has 1 heterocycles. The number of aromatic nitrogens is 1. The highest BCUT2D eigenvalue weighted by Gasteiger charge is 2.02. The van der Waals surface area contributed by atoms with Crippen LogP contribution in [0.3, 0.4) is 0 Å². The first-order valence-corrected chi connectivity index (χ1v) is 4.41. The van der Waals surface area contributed by atoms with Crippen LogP contribution in [0.25, 0.3) is 0 Å². The van der Waals surface area contributed by atoms with Crippen LogP contribution in [-0.4, -0.2) is 43.4 Å². The SMILES string of the molecule is CN(C)CCOc1cccnc1C=O. The van der Waals surface area contributed by atoms with Crippen LogP contribution >= 0.6 is 0 Å². The van der Waals surface area contributed by atoms with Crippen molar-refractivity contribution >= 4 is 6.29 Å². The summed E-state index contributed by atoms with van der Waals surface area (Å²) in [7, 11) is 3.93. The van der Waals surface area contributed by atoms with Gasteiger partial charge in [-0.2, -0.15) is 0 Å². The van der Waals surface area contributed by atoms with Crippen molar-refractivity contribution in [1.29, 1.82) is 0 Å². The van der Waals surface area contributed by atoms with E-state index in [1.165, 1.54) is 0 Å². The van der Waals surface area contributed by atoms with Crippen LogP contribution in [0.1, 0.15) is 10.5 Å². The van der Waals surface area contributed by atoms with Gasteiger partial charge >= 0.3 is 0 Å². The average Bonchev–Trinajstić information content (AvgIpc) is 2.18. The molecular weight excluding hydrogens is 180 g/mol. The first-order valence-electron chi connectivity index (χ1n) is 4.41. The standard InChI is InChI=1S/C10H14N2O2/c1-12(2)6-7-14-10-4-3-5-11-9(10)8-13/h3-5,8H,6-7H2,1-2H3. The van der Waals surface area contributed by atoms with Crippen molar-refractivity contribution < 1.29 is 9.53 Å². The largest absolute Gasteiger partial charge is 0.490 e. The highest BCUT2D eigenvalue weighted by Crippen LogP contribution is 2.12. The lowest BCUT2D eigenvalue weighted by Crippen LogP contribution is -2.19. The van der Waals surface area contributed by atoms with E-state index >= 15 is 0 Å². The molecule has 0 fully saturated rings.